The van der Waals surface area contributed by atoms with Crippen LogP contribution in [-0.4, -0.2) is 16.6 Å². The van der Waals surface area contributed by atoms with E-state index in [1.165, 1.54) is 17.0 Å². The molecular formula is C23H20Cl2N2O4. The number of rotatable bonds is 3. The van der Waals surface area contributed by atoms with Gasteiger partial charge in [-0.1, -0.05) is 55.2 Å². The van der Waals surface area contributed by atoms with Crippen molar-refractivity contribution in [3.8, 4) is 0 Å². The van der Waals surface area contributed by atoms with Crippen LogP contribution in [0, 0.1) is 15.5 Å². The summed E-state index contributed by atoms with van der Waals surface area (Å²) in [6.07, 6.45) is 0.887. The van der Waals surface area contributed by atoms with Crippen molar-refractivity contribution in [1.82, 2.24) is 0 Å². The number of anilines is 1. The van der Waals surface area contributed by atoms with Crippen LogP contribution in [0.15, 0.2) is 53.7 Å². The van der Waals surface area contributed by atoms with Crippen LogP contribution < -0.4 is 4.90 Å². The van der Waals surface area contributed by atoms with E-state index < -0.39 is 10.8 Å². The molecule has 1 heterocycles. The predicted molar refractivity (Wildman–Crippen MR) is 119 cm³/mol. The van der Waals surface area contributed by atoms with E-state index in [4.69, 9.17) is 23.2 Å². The van der Waals surface area contributed by atoms with Crippen LogP contribution in [-0.2, 0) is 9.59 Å². The van der Waals surface area contributed by atoms with Gasteiger partial charge in [0.25, 0.3) is 5.69 Å². The Balaban J connectivity index is 1.93. The zero-order valence-electron chi connectivity index (χ0n) is 17.0. The number of nitro benzene ring substituents is 1. The van der Waals surface area contributed by atoms with Gasteiger partial charge in [-0.05, 0) is 35.6 Å². The highest BCUT2D eigenvalue weighted by Crippen LogP contribution is 2.49. The Morgan fingerprint density at radius 1 is 1.06 bits per heavy atom. The zero-order valence-corrected chi connectivity index (χ0v) is 18.5. The topological polar surface area (TPSA) is 80.5 Å². The minimum absolute atomic E-state index is 0.0126. The van der Waals surface area contributed by atoms with Crippen molar-refractivity contribution < 1.29 is 14.5 Å². The molecule has 0 radical (unpaired) electrons. The maximum Gasteiger partial charge on any atom is 0.289 e. The van der Waals surface area contributed by atoms with Crippen LogP contribution in [0.25, 0.3) is 0 Å². The second-order valence-corrected chi connectivity index (χ2v) is 9.52. The number of ketones is 1. The van der Waals surface area contributed by atoms with Crippen molar-refractivity contribution in [3.63, 3.8) is 0 Å². The fourth-order valence-electron chi connectivity index (χ4n) is 4.52. The highest BCUT2D eigenvalue weighted by atomic mass is 35.5. The molecule has 160 valence electrons. The minimum atomic E-state index is -0.585. The first kappa shape index (κ1) is 21.5. The first-order valence-electron chi connectivity index (χ1n) is 9.86. The number of hydrogen-bond acceptors (Lipinski definition) is 4. The third-order valence-corrected chi connectivity index (χ3v) is 6.47. The lowest BCUT2D eigenvalue weighted by atomic mass is 9.69. The summed E-state index contributed by atoms with van der Waals surface area (Å²) in [5.74, 6) is -0.721. The van der Waals surface area contributed by atoms with E-state index in [2.05, 4.69) is 0 Å². The molecule has 2 aliphatic rings. The number of carbonyl (C=O) groups excluding carboxylic acids is 2. The van der Waals surface area contributed by atoms with Gasteiger partial charge < -0.3 is 0 Å². The van der Waals surface area contributed by atoms with E-state index >= 15 is 0 Å². The second kappa shape index (κ2) is 7.77. The largest absolute Gasteiger partial charge is 0.294 e. The molecule has 0 N–H and O–H groups in total. The highest BCUT2D eigenvalue weighted by Gasteiger charge is 2.45. The van der Waals surface area contributed by atoms with E-state index in [-0.39, 0.29) is 34.2 Å². The number of nitro groups is 1. The molecule has 2 aromatic rings. The van der Waals surface area contributed by atoms with Gasteiger partial charge in [0, 0.05) is 41.1 Å². The summed E-state index contributed by atoms with van der Waals surface area (Å²) in [4.78, 5) is 38.9. The Kier molecular flexibility index (Phi) is 5.40. The summed E-state index contributed by atoms with van der Waals surface area (Å²) < 4.78 is 0. The lowest BCUT2D eigenvalue weighted by molar-refractivity contribution is -0.384. The molecule has 0 spiro atoms. The van der Waals surface area contributed by atoms with Crippen molar-refractivity contribution in [2.24, 2.45) is 5.41 Å². The van der Waals surface area contributed by atoms with Crippen molar-refractivity contribution >= 4 is 46.3 Å². The molecule has 0 saturated carbocycles. The van der Waals surface area contributed by atoms with Crippen LogP contribution in [0.3, 0.4) is 0 Å². The Labute approximate surface area is 189 Å². The third kappa shape index (κ3) is 3.86. The molecule has 31 heavy (non-hydrogen) atoms. The Bertz CT molecular complexity index is 1160. The van der Waals surface area contributed by atoms with Crippen LogP contribution >= 0.6 is 23.2 Å². The van der Waals surface area contributed by atoms with Crippen molar-refractivity contribution in [1.29, 1.82) is 0 Å². The first-order valence-corrected chi connectivity index (χ1v) is 10.6. The average molecular weight is 459 g/mol. The number of hydrogen-bond donors (Lipinski definition) is 0. The van der Waals surface area contributed by atoms with Gasteiger partial charge in [-0.15, -0.1) is 0 Å². The monoisotopic (exact) mass is 458 g/mol. The summed E-state index contributed by atoms with van der Waals surface area (Å²) in [7, 11) is 0. The van der Waals surface area contributed by atoms with Crippen LogP contribution in [0.2, 0.25) is 10.0 Å². The summed E-state index contributed by atoms with van der Waals surface area (Å²) in [6, 6.07) is 11.5. The lowest BCUT2D eigenvalue weighted by Crippen LogP contribution is -2.43. The summed E-state index contributed by atoms with van der Waals surface area (Å²) in [5.41, 5.74) is 1.57. The molecular weight excluding hydrogens is 439 g/mol. The average Bonchev–Trinajstić information content (AvgIpc) is 2.67. The van der Waals surface area contributed by atoms with Crippen molar-refractivity contribution in [3.05, 3.63) is 79.5 Å². The molecule has 0 fully saturated rings. The van der Waals surface area contributed by atoms with E-state index in [9.17, 15) is 19.7 Å². The van der Waals surface area contributed by atoms with Crippen LogP contribution in [0.1, 0.15) is 44.6 Å². The van der Waals surface area contributed by atoms with Gasteiger partial charge in [0.1, 0.15) is 5.02 Å². The minimum Gasteiger partial charge on any atom is -0.294 e. The van der Waals surface area contributed by atoms with Crippen molar-refractivity contribution in [2.75, 3.05) is 4.90 Å². The molecule has 0 saturated heterocycles. The SMILES string of the molecule is CC1(C)CC(=O)C2=C(C1)N(c1ccc(Cl)c([N+](=O)[O-])c1)C(=O)CC2c1ccccc1Cl. The Hall–Kier alpha value is -2.70. The molecule has 1 unspecified atom stereocenters. The van der Waals surface area contributed by atoms with Gasteiger partial charge in [0.05, 0.1) is 10.6 Å². The van der Waals surface area contributed by atoms with Gasteiger partial charge in [0.2, 0.25) is 5.91 Å². The second-order valence-electron chi connectivity index (χ2n) is 8.70. The molecule has 0 aromatic heterocycles. The molecule has 0 bridgehead atoms. The smallest absolute Gasteiger partial charge is 0.289 e. The molecule has 2 aromatic carbocycles. The van der Waals surface area contributed by atoms with Gasteiger partial charge in [-0.3, -0.25) is 24.6 Å². The number of allylic oxidation sites excluding steroid dienone is 2. The molecule has 4 rings (SSSR count). The normalized spacial score (nSPS) is 20.6. The molecule has 1 amide bonds. The van der Waals surface area contributed by atoms with Gasteiger partial charge in [-0.25, -0.2) is 0 Å². The quantitative estimate of drug-likeness (QED) is 0.413. The maximum atomic E-state index is 13.4. The maximum absolute atomic E-state index is 13.4. The number of amides is 1. The number of halogens is 2. The molecule has 6 nitrogen and oxygen atoms in total. The fourth-order valence-corrected chi connectivity index (χ4v) is 4.97. The zero-order chi connectivity index (χ0) is 22.5. The van der Waals surface area contributed by atoms with Crippen LogP contribution in [0.5, 0.6) is 0 Å². The number of carbonyl (C=O) groups is 2. The molecule has 1 atom stereocenters. The third-order valence-electron chi connectivity index (χ3n) is 5.81. The fraction of sp³-hybridized carbons (Fsp3) is 0.304. The van der Waals surface area contributed by atoms with E-state index in [1.54, 1.807) is 18.2 Å². The van der Waals surface area contributed by atoms with Gasteiger partial charge in [-0.2, -0.15) is 0 Å². The van der Waals surface area contributed by atoms with E-state index in [0.717, 1.165) is 5.56 Å². The predicted octanol–water partition coefficient (Wildman–Crippen LogP) is 6.07. The van der Waals surface area contributed by atoms with E-state index in [1.807, 2.05) is 26.0 Å². The van der Waals surface area contributed by atoms with Gasteiger partial charge in [0.15, 0.2) is 5.78 Å². The van der Waals surface area contributed by atoms with E-state index in [0.29, 0.717) is 34.8 Å². The Morgan fingerprint density at radius 3 is 2.45 bits per heavy atom. The highest BCUT2D eigenvalue weighted by molar-refractivity contribution is 6.33. The standard InChI is InChI=1S/C23H20Cl2N2O4/c1-23(2)11-19-22(20(28)12-23)15(14-5-3-4-6-16(14)24)10-21(29)26(19)13-7-8-17(25)18(9-13)27(30)31/h3-9,15H,10-12H2,1-2H3. The number of Topliss-reactive ketones (excluding diaryl/α,β-unsaturated/α-hetero) is 1. The summed E-state index contributed by atoms with van der Waals surface area (Å²) in [6.45, 7) is 3.95. The molecule has 1 aliphatic carbocycles. The lowest BCUT2D eigenvalue weighted by Gasteiger charge is -2.43. The Morgan fingerprint density at radius 2 is 1.77 bits per heavy atom. The number of benzene rings is 2. The number of nitrogens with zero attached hydrogens (tertiary/aromatic N) is 2. The summed E-state index contributed by atoms with van der Waals surface area (Å²) >= 11 is 12.4. The summed E-state index contributed by atoms with van der Waals surface area (Å²) in [5, 5.41) is 11.9. The van der Waals surface area contributed by atoms with Crippen LogP contribution in [0.4, 0.5) is 11.4 Å². The molecule has 8 heteroatoms. The molecule has 1 aliphatic heterocycles. The first-order chi connectivity index (χ1) is 14.6. The van der Waals surface area contributed by atoms with Gasteiger partial charge >= 0.3 is 0 Å². The van der Waals surface area contributed by atoms with Crippen molar-refractivity contribution in [2.45, 2.75) is 39.0 Å².